The number of aromatic amines is 1. The van der Waals surface area contributed by atoms with Crippen molar-refractivity contribution in [2.45, 2.75) is 31.8 Å². The summed E-state index contributed by atoms with van der Waals surface area (Å²) in [5.41, 5.74) is 2.19. The topological polar surface area (TPSA) is 133 Å². The van der Waals surface area contributed by atoms with Crippen LogP contribution in [-0.4, -0.2) is 41.6 Å². The minimum Gasteiger partial charge on any atom is -0.433 e. The Labute approximate surface area is 151 Å². The Morgan fingerprint density at radius 1 is 1.35 bits per heavy atom. The lowest BCUT2D eigenvalue weighted by molar-refractivity contribution is 0.0988. The number of nitrogens with one attached hydrogen (secondary N) is 3. The molecule has 0 amide bonds. The van der Waals surface area contributed by atoms with Crippen LogP contribution in [0.15, 0.2) is 29.1 Å². The Bertz CT molecular complexity index is 992. The third-order valence-electron chi connectivity index (χ3n) is 4.42. The number of anilines is 1. The predicted molar refractivity (Wildman–Crippen MR) is 95.9 cm³/mol. The molecule has 1 atom stereocenters. The van der Waals surface area contributed by atoms with Crippen molar-refractivity contribution in [1.29, 1.82) is 0 Å². The first kappa shape index (κ1) is 16.9. The van der Waals surface area contributed by atoms with Crippen LogP contribution in [0.2, 0.25) is 0 Å². The molecule has 0 bridgehead atoms. The van der Waals surface area contributed by atoms with Crippen molar-refractivity contribution >= 4 is 33.8 Å². The van der Waals surface area contributed by atoms with Gasteiger partial charge in [0.25, 0.3) is 0 Å². The van der Waals surface area contributed by atoms with Gasteiger partial charge < -0.3 is 14.7 Å². The summed E-state index contributed by atoms with van der Waals surface area (Å²) in [6, 6.07) is 2.04. The molecule has 4 N–H and O–H groups in total. The molecule has 0 radical (unpaired) electrons. The third kappa shape index (κ3) is 3.14. The van der Waals surface area contributed by atoms with Gasteiger partial charge in [-0.15, -0.1) is 0 Å². The number of carbonyl (C=O) groups excluding carboxylic acids is 1. The number of rotatable bonds is 6. The van der Waals surface area contributed by atoms with Crippen molar-refractivity contribution in [3.05, 3.63) is 30.4 Å². The van der Waals surface area contributed by atoms with E-state index in [-0.39, 0.29) is 23.6 Å². The van der Waals surface area contributed by atoms with Gasteiger partial charge in [0.2, 0.25) is 17.2 Å². The molecule has 26 heavy (non-hydrogen) atoms. The summed E-state index contributed by atoms with van der Waals surface area (Å²) in [4.78, 5) is 23.1. The average Bonchev–Trinajstić information content (AvgIpc) is 3.21. The van der Waals surface area contributed by atoms with Gasteiger partial charge >= 0.3 is 0 Å². The summed E-state index contributed by atoms with van der Waals surface area (Å²) in [6.45, 7) is 1.42. The largest absolute Gasteiger partial charge is 0.433 e. The lowest BCUT2D eigenvalue weighted by Gasteiger charge is -2.36. The lowest BCUT2D eigenvalue weighted by Crippen LogP contribution is -2.48. The number of fused-ring (bicyclic) bond motifs is 1. The third-order valence-corrected chi connectivity index (χ3v) is 4.96. The second-order valence-electron chi connectivity index (χ2n) is 6.25. The van der Waals surface area contributed by atoms with Crippen LogP contribution in [0.1, 0.15) is 30.3 Å². The van der Waals surface area contributed by atoms with Gasteiger partial charge in [0.15, 0.2) is 11.5 Å². The van der Waals surface area contributed by atoms with E-state index in [1.54, 1.807) is 12.4 Å². The monoisotopic (exact) mass is 375 g/mol. The highest BCUT2D eigenvalue weighted by atomic mass is 32.2. The number of Topliss-reactive ketones (excluding diaryl/α,β-unsaturated/α-hetero) is 1. The summed E-state index contributed by atoms with van der Waals surface area (Å²) in [7, 11) is 0. The lowest BCUT2D eigenvalue weighted by atomic mass is 9.87. The number of oxazole rings is 1. The quantitative estimate of drug-likeness (QED) is 0.383. The predicted octanol–water partition coefficient (Wildman–Crippen LogP) is 2.09. The van der Waals surface area contributed by atoms with Crippen molar-refractivity contribution in [1.82, 2.24) is 19.7 Å². The molecule has 1 aliphatic rings. The Morgan fingerprint density at radius 3 is 2.85 bits per heavy atom. The van der Waals surface area contributed by atoms with E-state index < -0.39 is 11.3 Å². The Balaban J connectivity index is 1.64. The fourth-order valence-electron chi connectivity index (χ4n) is 3.07. The molecule has 10 heteroatoms. The molecule has 0 aromatic carbocycles. The molecule has 3 heterocycles. The molecule has 3 aromatic heterocycles. The van der Waals surface area contributed by atoms with E-state index in [1.807, 2.05) is 6.07 Å². The number of ketones is 1. The van der Waals surface area contributed by atoms with E-state index >= 15 is 0 Å². The van der Waals surface area contributed by atoms with Gasteiger partial charge in [0, 0.05) is 36.8 Å². The summed E-state index contributed by atoms with van der Waals surface area (Å²) >= 11 is -2.01. The van der Waals surface area contributed by atoms with E-state index in [0.717, 1.165) is 16.7 Å². The molecule has 1 unspecified atom stereocenters. The Morgan fingerprint density at radius 2 is 2.15 bits per heavy atom. The van der Waals surface area contributed by atoms with Gasteiger partial charge in [-0.3, -0.25) is 9.35 Å². The normalized spacial score (nSPS) is 20.7. The molecule has 1 fully saturated rings. The standard InChI is InChI=1S/C16H17N5O4S/c1-8(22)13-7-19-16(25-13)12-6-18-15-11(2-3-17-15)14(12)20-9-4-10(5-9)21-26(23)24/h2-3,6-7,9-10,21H,4-5H2,1H3,(H,23,24)(H2,17,18,20). The van der Waals surface area contributed by atoms with Gasteiger partial charge in [-0.2, -0.15) is 0 Å². The van der Waals surface area contributed by atoms with Crippen molar-refractivity contribution in [2.75, 3.05) is 5.32 Å². The van der Waals surface area contributed by atoms with E-state index in [9.17, 15) is 9.00 Å². The first-order valence-electron chi connectivity index (χ1n) is 8.08. The molecular weight excluding hydrogens is 358 g/mol. The molecule has 0 saturated heterocycles. The molecule has 136 valence electrons. The van der Waals surface area contributed by atoms with E-state index in [0.29, 0.717) is 24.3 Å². The van der Waals surface area contributed by atoms with Crippen LogP contribution in [0.4, 0.5) is 5.69 Å². The molecule has 1 saturated carbocycles. The smallest absolute Gasteiger partial charge is 0.231 e. The second kappa shape index (κ2) is 6.63. The molecule has 9 nitrogen and oxygen atoms in total. The van der Waals surface area contributed by atoms with Crippen molar-refractivity contribution < 1.29 is 18.0 Å². The van der Waals surface area contributed by atoms with Crippen LogP contribution in [0.25, 0.3) is 22.5 Å². The summed E-state index contributed by atoms with van der Waals surface area (Å²) < 4.78 is 27.9. The number of hydrogen-bond donors (Lipinski definition) is 4. The molecule has 0 spiro atoms. The summed E-state index contributed by atoms with van der Waals surface area (Å²) in [5.74, 6) is 0.316. The SMILES string of the molecule is CC(=O)c1cnc(-c2cnc3[nH]ccc3c2NC2CC(NS(=O)O)C2)o1. The number of pyridine rings is 1. The van der Waals surface area contributed by atoms with Gasteiger partial charge in [-0.1, -0.05) is 0 Å². The number of nitrogens with zero attached hydrogens (tertiary/aromatic N) is 2. The molecule has 3 aromatic rings. The number of carbonyl (C=O) groups is 1. The Kier molecular flexibility index (Phi) is 4.31. The fourth-order valence-corrected chi connectivity index (χ4v) is 3.54. The zero-order valence-electron chi connectivity index (χ0n) is 13.9. The van der Waals surface area contributed by atoms with Crippen molar-refractivity contribution in [3.8, 4) is 11.5 Å². The number of aromatic nitrogens is 3. The van der Waals surface area contributed by atoms with Crippen LogP contribution < -0.4 is 10.0 Å². The summed E-state index contributed by atoms with van der Waals surface area (Å²) in [6.07, 6.45) is 6.27. The highest BCUT2D eigenvalue weighted by Crippen LogP contribution is 2.36. The minimum absolute atomic E-state index is 0.00334. The van der Waals surface area contributed by atoms with E-state index in [1.165, 1.54) is 13.1 Å². The van der Waals surface area contributed by atoms with Crippen LogP contribution in [0.5, 0.6) is 0 Å². The zero-order valence-corrected chi connectivity index (χ0v) is 14.7. The maximum atomic E-state index is 11.5. The molecule has 4 rings (SSSR count). The number of H-pyrrole nitrogens is 1. The Hall–Kier alpha value is -2.56. The highest BCUT2D eigenvalue weighted by Gasteiger charge is 2.31. The maximum absolute atomic E-state index is 11.5. The van der Waals surface area contributed by atoms with Gasteiger partial charge in [0.1, 0.15) is 5.65 Å². The van der Waals surface area contributed by atoms with Crippen LogP contribution >= 0.6 is 0 Å². The molecule has 0 aliphatic heterocycles. The minimum atomic E-state index is -2.01. The first-order valence-corrected chi connectivity index (χ1v) is 9.18. The summed E-state index contributed by atoms with van der Waals surface area (Å²) in [5, 5.41) is 4.33. The van der Waals surface area contributed by atoms with Crippen molar-refractivity contribution in [2.24, 2.45) is 0 Å². The highest BCUT2D eigenvalue weighted by molar-refractivity contribution is 7.77. The van der Waals surface area contributed by atoms with Crippen LogP contribution in [0.3, 0.4) is 0 Å². The van der Waals surface area contributed by atoms with Crippen molar-refractivity contribution in [3.63, 3.8) is 0 Å². The van der Waals surface area contributed by atoms with Crippen LogP contribution in [0, 0.1) is 0 Å². The first-order chi connectivity index (χ1) is 12.5. The van der Waals surface area contributed by atoms with Crippen LogP contribution in [-0.2, 0) is 11.3 Å². The maximum Gasteiger partial charge on any atom is 0.231 e. The van der Waals surface area contributed by atoms with Gasteiger partial charge in [0.05, 0.1) is 17.4 Å². The van der Waals surface area contributed by atoms with Gasteiger partial charge in [-0.05, 0) is 18.9 Å². The zero-order chi connectivity index (χ0) is 18.3. The van der Waals surface area contributed by atoms with E-state index in [2.05, 4.69) is 25.0 Å². The fraction of sp³-hybridized carbons (Fsp3) is 0.312. The average molecular weight is 375 g/mol. The second-order valence-corrected chi connectivity index (χ2v) is 6.98. The molecular formula is C16H17N5O4S. The van der Waals surface area contributed by atoms with Gasteiger partial charge in [-0.25, -0.2) is 18.9 Å². The number of hydrogen-bond acceptors (Lipinski definition) is 6. The molecule has 1 aliphatic carbocycles. The van der Waals surface area contributed by atoms with E-state index in [4.69, 9.17) is 8.97 Å².